The molecule has 0 radical (unpaired) electrons. The highest BCUT2D eigenvalue weighted by Gasteiger charge is 2.49. The summed E-state index contributed by atoms with van der Waals surface area (Å²) in [4.78, 5) is 25.3. The summed E-state index contributed by atoms with van der Waals surface area (Å²) in [6, 6.07) is 12.8. The Morgan fingerprint density at radius 3 is 2.46 bits per heavy atom. The molecule has 9 heteroatoms. The van der Waals surface area contributed by atoms with Crippen molar-refractivity contribution in [1.82, 2.24) is 14.5 Å². The summed E-state index contributed by atoms with van der Waals surface area (Å²) in [6.45, 7) is 6.13. The predicted molar refractivity (Wildman–Crippen MR) is 144 cm³/mol. The monoisotopic (exact) mass is 534 g/mol. The second kappa shape index (κ2) is 8.50. The smallest absolute Gasteiger partial charge is 0.279 e. The first-order chi connectivity index (χ1) is 17.8. The van der Waals surface area contributed by atoms with Crippen molar-refractivity contribution in [3.05, 3.63) is 75.0 Å². The SMILES string of the molecule is COc1ccc(-c2nc3c(n2C(C)C)C2c4ccc(Cl)cc4-c4c(Cl)ccc(C)c4N2C3=O)c(OC)n1. The highest BCUT2D eigenvalue weighted by atomic mass is 35.5. The molecule has 1 atom stereocenters. The first-order valence-electron chi connectivity index (χ1n) is 11.9. The lowest BCUT2D eigenvalue weighted by Crippen LogP contribution is -2.34. The quantitative estimate of drug-likeness (QED) is 0.285. The first kappa shape index (κ1) is 23.8. The van der Waals surface area contributed by atoms with Crippen LogP contribution in [-0.4, -0.2) is 34.7 Å². The van der Waals surface area contributed by atoms with E-state index in [2.05, 4.69) is 23.4 Å². The molecule has 6 rings (SSSR count). The van der Waals surface area contributed by atoms with Gasteiger partial charge in [0.25, 0.3) is 5.91 Å². The Morgan fingerprint density at radius 2 is 1.76 bits per heavy atom. The van der Waals surface area contributed by atoms with Crippen LogP contribution in [0.4, 0.5) is 5.69 Å². The zero-order valence-corrected chi connectivity index (χ0v) is 22.5. The molecule has 4 heterocycles. The number of halogens is 2. The van der Waals surface area contributed by atoms with Gasteiger partial charge in [0.1, 0.15) is 11.9 Å². The van der Waals surface area contributed by atoms with E-state index in [4.69, 9.17) is 37.7 Å². The summed E-state index contributed by atoms with van der Waals surface area (Å²) in [6.07, 6.45) is 0. The van der Waals surface area contributed by atoms with Crippen molar-refractivity contribution < 1.29 is 14.3 Å². The number of nitrogens with zero attached hydrogens (tertiary/aromatic N) is 4. The number of ether oxygens (including phenoxy) is 2. The van der Waals surface area contributed by atoms with E-state index >= 15 is 0 Å². The number of hydrogen-bond acceptors (Lipinski definition) is 5. The molecule has 4 aromatic rings. The summed E-state index contributed by atoms with van der Waals surface area (Å²) >= 11 is 13.2. The van der Waals surface area contributed by atoms with Crippen LogP contribution in [-0.2, 0) is 0 Å². The molecule has 0 saturated carbocycles. The van der Waals surface area contributed by atoms with E-state index in [9.17, 15) is 4.79 Å². The maximum absolute atomic E-state index is 14.1. The molecule has 1 amide bonds. The molecule has 37 heavy (non-hydrogen) atoms. The Kier molecular flexibility index (Phi) is 5.47. The number of pyridine rings is 1. The number of rotatable bonds is 4. The molecule has 1 unspecified atom stereocenters. The molecule has 2 aliphatic heterocycles. The second-order valence-electron chi connectivity index (χ2n) is 9.44. The fourth-order valence-electron chi connectivity index (χ4n) is 5.53. The van der Waals surface area contributed by atoms with E-state index in [1.807, 2.05) is 48.2 Å². The van der Waals surface area contributed by atoms with Gasteiger partial charge in [0.2, 0.25) is 11.8 Å². The Morgan fingerprint density at radius 1 is 0.973 bits per heavy atom. The third kappa shape index (κ3) is 3.30. The van der Waals surface area contributed by atoms with Crippen LogP contribution >= 0.6 is 23.2 Å². The minimum absolute atomic E-state index is 0.0107. The van der Waals surface area contributed by atoms with Gasteiger partial charge in [0.15, 0.2) is 5.69 Å². The van der Waals surface area contributed by atoms with Crippen LogP contribution in [0.2, 0.25) is 10.0 Å². The van der Waals surface area contributed by atoms with Gasteiger partial charge in [-0.15, -0.1) is 0 Å². The predicted octanol–water partition coefficient (Wildman–Crippen LogP) is 6.89. The van der Waals surface area contributed by atoms with Crippen molar-refractivity contribution in [3.8, 4) is 34.3 Å². The maximum atomic E-state index is 14.1. The zero-order valence-electron chi connectivity index (χ0n) is 21.0. The Bertz CT molecular complexity index is 1610. The Balaban J connectivity index is 1.66. The molecule has 0 bridgehead atoms. The maximum Gasteiger partial charge on any atom is 0.279 e. The lowest BCUT2D eigenvalue weighted by atomic mass is 9.86. The van der Waals surface area contributed by atoms with E-state index in [-0.39, 0.29) is 18.0 Å². The van der Waals surface area contributed by atoms with Crippen molar-refractivity contribution in [3.63, 3.8) is 0 Å². The van der Waals surface area contributed by atoms with Crippen molar-refractivity contribution in [1.29, 1.82) is 0 Å². The Hall–Kier alpha value is -3.55. The van der Waals surface area contributed by atoms with E-state index < -0.39 is 0 Å². The lowest BCUT2D eigenvalue weighted by molar-refractivity contribution is 0.0989. The molecule has 7 nitrogen and oxygen atoms in total. The van der Waals surface area contributed by atoms with E-state index in [1.54, 1.807) is 20.3 Å². The number of aryl methyl sites for hydroxylation is 1. The largest absolute Gasteiger partial charge is 0.481 e. The number of methoxy groups -OCH3 is 2. The number of hydrogen-bond donors (Lipinski definition) is 0. The highest BCUT2D eigenvalue weighted by Crippen LogP contribution is 2.56. The molecule has 0 fully saturated rings. The van der Waals surface area contributed by atoms with Crippen LogP contribution in [0.3, 0.4) is 0 Å². The number of imidazole rings is 1. The van der Waals surface area contributed by atoms with Gasteiger partial charge in [-0.3, -0.25) is 9.69 Å². The molecule has 0 N–H and O–H groups in total. The van der Waals surface area contributed by atoms with Crippen LogP contribution in [0.25, 0.3) is 22.5 Å². The van der Waals surface area contributed by atoms with Gasteiger partial charge in [-0.25, -0.2) is 4.98 Å². The van der Waals surface area contributed by atoms with E-state index in [0.29, 0.717) is 38.9 Å². The van der Waals surface area contributed by atoms with Crippen molar-refractivity contribution >= 4 is 34.8 Å². The highest BCUT2D eigenvalue weighted by molar-refractivity contribution is 6.35. The fourth-order valence-corrected chi connectivity index (χ4v) is 5.96. The molecule has 0 aliphatic carbocycles. The van der Waals surface area contributed by atoms with Crippen molar-refractivity contribution in [2.45, 2.75) is 32.9 Å². The van der Waals surface area contributed by atoms with Crippen LogP contribution < -0.4 is 14.4 Å². The lowest BCUT2D eigenvalue weighted by Gasteiger charge is -2.36. The van der Waals surface area contributed by atoms with Crippen LogP contribution in [0, 0.1) is 6.92 Å². The molecule has 0 saturated heterocycles. The summed E-state index contributed by atoms with van der Waals surface area (Å²) < 4.78 is 13.0. The molecule has 2 aromatic heterocycles. The number of carbonyl (C=O) groups excluding carboxylic acids is 1. The summed E-state index contributed by atoms with van der Waals surface area (Å²) in [5.74, 6) is 1.25. The zero-order chi connectivity index (χ0) is 26.2. The van der Waals surface area contributed by atoms with Crippen molar-refractivity contribution in [2.75, 3.05) is 19.1 Å². The molecule has 2 aliphatic rings. The standard InChI is InChI=1S/C28H24Cl2N4O3/c1-13(2)33-25-22(32-26(33)17-9-11-20(36-4)31-27(17)37-5)28(35)34-23-14(3)6-10-19(30)21(23)18-12-15(29)7-8-16(18)24(25)34/h6-13,24H,1-5H3. The summed E-state index contributed by atoms with van der Waals surface area (Å²) in [7, 11) is 3.11. The average Bonchev–Trinajstić information content (AvgIpc) is 3.41. The van der Waals surface area contributed by atoms with Gasteiger partial charge < -0.3 is 14.0 Å². The minimum Gasteiger partial charge on any atom is -0.481 e. The van der Waals surface area contributed by atoms with E-state index in [1.165, 1.54) is 0 Å². The fraction of sp³-hybridized carbons (Fsp3) is 0.250. The van der Waals surface area contributed by atoms with Gasteiger partial charge >= 0.3 is 0 Å². The molecule has 0 spiro atoms. The Labute approximate surface area is 224 Å². The average molecular weight is 535 g/mol. The van der Waals surface area contributed by atoms with E-state index in [0.717, 1.165) is 33.6 Å². The molecular formula is C28H24Cl2N4O3. The first-order valence-corrected chi connectivity index (χ1v) is 12.7. The number of anilines is 1. The summed E-state index contributed by atoms with van der Waals surface area (Å²) in [5, 5.41) is 1.17. The number of aromatic nitrogens is 3. The van der Waals surface area contributed by atoms with Gasteiger partial charge in [0.05, 0.1) is 36.2 Å². The van der Waals surface area contributed by atoms with Gasteiger partial charge in [-0.1, -0.05) is 35.3 Å². The van der Waals surface area contributed by atoms with Crippen LogP contribution in [0.5, 0.6) is 11.8 Å². The number of carbonyl (C=O) groups is 1. The second-order valence-corrected chi connectivity index (χ2v) is 10.3. The third-order valence-corrected chi connectivity index (χ3v) is 7.58. The van der Waals surface area contributed by atoms with Crippen LogP contribution in [0.1, 0.15) is 53.2 Å². The van der Waals surface area contributed by atoms with Crippen LogP contribution in [0.15, 0.2) is 42.5 Å². The number of benzene rings is 2. The number of amides is 1. The minimum atomic E-state index is -0.389. The van der Waals surface area contributed by atoms with Gasteiger partial charge in [-0.2, -0.15) is 4.98 Å². The molecular weight excluding hydrogens is 511 g/mol. The molecule has 188 valence electrons. The number of fused-ring (bicyclic) bond motifs is 8. The van der Waals surface area contributed by atoms with Gasteiger partial charge in [0, 0.05) is 22.7 Å². The van der Waals surface area contributed by atoms with Crippen molar-refractivity contribution in [2.24, 2.45) is 0 Å². The normalized spacial score (nSPS) is 15.4. The molecule has 2 aromatic carbocycles. The third-order valence-electron chi connectivity index (χ3n) is 7.03. The summed E-state index contributed by atoms with van der Waals surface area (Å²) in [5.41, 5.74) is 6.32. The van der Waals surface area contributed by atoms with Gasteiger partial charge in [-0.05, 0) is 61.7 Å². The topological polar surface area (TPSA) is 69.5 Å².